The largest absolute Gasteiger partial charge is 0.347 e. The second-order valence-corrected chi connectivity index (χ2v) is 9.45. The first-order chi connectivity index (χ1) is 16.3. The Morgan fingerprint density at radius 3 is 2.62 bits per heavy atom. The van der Waals surface area contributed by atoms with Gasteiger partial charge in [-0.2, -0.15) is 0 Å². The molecule has 1 atom stereocenters. The number of piperidine rings is 2. The number of amides is 3. The average molecular weight is 484 g/mol. The third-order valence-electron chi connectivity index (χ3n) is 6.41. The highest BCUT2D eigenvalue weighted by molar-refractivity contribution is 6.30. The molecule has 2 aliphatic rings. The maximum Gasteiger partial charge on any atom is 0.229 e. The van der Waals surface area contributed by atoms with E-state index in [0.29, 0.717) is 36.8 Å². The van der Waals surface area contributed by atoms with Gasteiger partial charge in [-0.05, 0) is 43.4 Å². The summed E-state index contributed by atoms with van der Waals surface area (Å²) in [6.45, 7) is 0.745. The first-order valence-corrected chi connectivity index (χ1v) is 12.2. The van der Waals surface area contributed by atoms with Gasteiger partial charge in [-0.15, -0.1) is 0 Å². The van der Waals surface area contributed by atoms with Crippen LogP contribution in [0.5, 0.6) is 0 Å². The van der Waals surface area contributed by atoms with Gasteiger partial charge in [0.15, 0.2) is 0 Å². The fourth-order valence-corrected chi connectivity index (χ4v) is 4.84. The minimum atomic E-state index is -0.218. The quantitative estimate of drug-likeness (QED) is 0.580. The number of aromatic nitrogens is 2. The Kier molecular flexibility index (Phi) is 7.46. The van der Waals surface area contributed by atoms with Crippen molar-refractivity contribution in [1.82, 2.24) is 19.8 Å². The molecule has 8 nitrogen and oxygen atoms in total. The zero-order chi connectivity index (χ0) is 24.2. The minimum absolute atomic E-state index is 0.0714. The Bertz CT molecular complexity index is 1070. The van der Waals surface area contributed by atoms with Crippen LogP contribution in [0.3, 0.4) is 0 Å². The standard InChI is InChI=1S/C25H30ClN5O3/c1-29(2)25-27-16-19(17-7-5-8-18(26)15-17)24(28-25)20-9-3-4-13-30(20)23(34)12-14-31-21(32)10-6-11-22(31)33/h5,7-8,15-16,20H,3-4,6,9-14H2,1-2H3/t20-/m0/s1. The summed E-state index contributed by atoms with van der Waals surface area (Å²) in [4.78, 5) is 52.0. The number of hydrogen-bond donors (Lipinski definition) is 0. The molecule has 0 aliphatic carbocycles. The minimum Gasteiger partial charge on any atom is -0.347 e. The van der Waals surface area contributed by atoms with Gasteiger partial charge in [0, 0.05) is 63.2 Å². The van der Waals surface area contributed by atoms with E-state index in [1.807, 2.05) is 48.2 Å². The van der Waals surface area contributed by atoms with Crippen LogP contribution in [0.1, 0.15) is 56.7 Å². The van der Waals surface area contributed by atoms with E-state index < -0.39 is 0 Å². The topological polar surface area (TPSA) is 86.7 Å². The lowest BCUT2D eigenvalue weighted by Crippen LogP contribution is -2.44. The van der Waals surface area contributed by atoms with Crippen molar-refractivity contribution in [2.24, 2.45) is 0 Å². The third kappa shape index (κ3) is 5.22. The molecule has 2 aromatic rings. The lowest BCUT2D eigenvalue weighted by Gasteiger charge is -2.37. The Morgan fingerprint density at radius 2 is 1.91 bits per heavy atom. The number of rotatable bonds is 6. The molecular weight excluding hydrogens is 454 g/mol. The van der Waals surface area contributed by atoms with E-state index in [2.05, 4.69) is 4.98 Å². The van der Waals surface area contributed by atoms with Crippen LogP contribution in [0.25, 0.3) is 11.1 Å². The first kappa shape index (κ1) is 24.1. The molecule has 0 bridgehead atoms. The molecule has 1 aromatic carbocycles. The number of hydrogen-bond acceptors (Lipinski definition) is 6. The van der Waals surface area contributed by atoms with Crippen LogP contribution in [-0.4, -0.2) is 64.7 Å². The molecule has 0 unspecified atom stereocenters. The zero-order valence-corrected chi connectivity index (χ0v) is 20.4. The van der Waals surface area contributed by atoms with Crippen LogP contribution in [-0.2, 0) is 14.4 Å². The first-order valence-electron chi connectivity index (χ1n) is 11.8. The van der Waals surface area contributed by atoms with Crippen LogP contribution in [0.4, 0.5) is 5.95 Å². The van der Waals surface area contributed by atoms with Gasteiger partial charge in [-0.1, -0.05) is 23.7 Å². The molecule has 4 rings (SSSR count). The third-order valence-corrected chi connectivity index (χ3v) is 6.65. The smallest absolute Gasteiger partial charge is 0.229 e. The highest BCUT2D eigenvalue weighted by atomic mass is 35.5. The highest BCUT2D eigenvalue weighted by Crippen LogP contribution is 2.37. The summed E-state index contributed by atoms with van der Waals surface area (Å²) in [5.74, 6) is 0.129. The fourth-order valence-electron chi connectivity index (χ4n) is 4.65. The van der Waals surface area contributed by atoms with Crippen LogP contribution in [0.15, 0.2) is 30.5 Å². The van der Waals surface area contributed by atoms with E-state index in [1.54, 1.807) is 6.20 Å². The van der Waals surface area contributed by atoms with Gasteiger partial charge >= 0.3 is 0 Å². The molecule has 0 N–H and O–H groups in total. The van der Waals surface area contributed by atoms with Gasteiger partial charge in [-0.25, -0.2) is 9.97 Å². The summed E-state index contributed by atoms with van der Waals surface area (Å²) in [5, 5.41) is 0.618. The van der Waals surface area contributed by atoms with Crippen molar-refractivity contribution < 1.29 is 14.4 Å². The van der Waals surface area contributed by atoms with E-state index in [-0.39, 0.29) is 36.7 Å². The lowest BCUT2D eigenvalue weighted by atomic mass is 9.93. The molecule has 0 radical (unpaired) electrons. The van der Waals surface area contributed by atoms with E-state index in [0.717, 1.165) is 36.1 Å². The molecule has 9 heteroatoms. The maximum absolute atomic E-state index is 13.4. The molecule has 2 fully saturated rings. The number of anilines is 1. The van der Waals surface area contributed by atoms with Crippen molar-refractivity contribution in [3.8, 4) is 11.1 Å². The average Bonchev–Trinajstić information content (AvgIpc) is 2.83. The van der Waals surface area contributed by atoms with Gasteiger partial charge in [-0.3, -0.25) is 19.3 Å². The summed E-state index contributed by atoms with van der Waals surface area (Å²) >= 11 is 6.26. The summed E-state index contributed by atoms with van der Waals surface area (Å²) in [6.07, 6.45) is 5.90. The van der Waals surface area contributed by atoms with Gasteiger partial charge in [0.05, 0.1) is 11.7 Å². The fraction of sp³-hybridized carbons (Fsp3) is 0.480. The molecule has 1 aromatic heterocycles. The van der Waals surface area contributed by atoms with Gasteiger partial charge in [0.25, 0.3) is 0 Å². The zero-order valence-electron chi connectivity index (χ0n) is 19.7. The monoisotopic (exact) mass is 483 g/mol. The SMILES string of the molecule is CN(C)c1ncc(-c2cccc(Cl)c2)c([C@@H]2CCCCN2C(=O)CCN2C(=O)CCCC2=O)n1. The number of likely N-dealkylation sites (tertiary alicyclic amines) is 2. The van der Waals surface area contributed by atoms with E-state index >= 15 is 0 Å². The van der Waals surface area contributed by atoms with Crippen molar-refractivity contribution in [3.63, 3.8) is 0 Å². The van der Waals surface area contributed by atoms with E-state index in [1.165, 1.54) is 4.90 Å². The number of nitrogens with zero attached hydrogens (tertiary/aromatic N) is 5. The molecule has 2 aliphatic heterocycles. The number of benzene rings is 1. The van der Waals surface area contributed by atoms with Crippen molar-refractivity contribution in [2.75, 3.05) is 32.1 Å². The molecule has 34 heavy (non-hydrogen) atoms. The van der Waals surface area contributed by atoms with Crippen molar-refractivity contribution in [2.45, 2.75) is 51.0 Å². The van der Waals surface area contributed by atoms with Crippen molar-refractivity contribution >= 4 is 35.3 Å². The second-order valence-electron chi connectivity index (χ2n) is 9.02. The summed E-state index contributed by atoms with van der Waals surface area (Å²) < 4.78 is 0. The van der Waals surface area contributed by atoms with E-state index in [4.69, 9.17) is 16.6 Å². The van der Waals surface area contributed by atoms with Crippen molar-refractivity contribution in [1.29, 1.82) is 0 Å². The summed E-state index contributed by atoms with van der Waals surface area (Å²) in [5.41, 5.74) is 2.54. The highest BCUT2D eigenvalue weighted by Gasteiger charge is 2.33. The molecule has 2 saturated heterocycles. The van der Waals surface area contributed by atoms with Crippen LogP contribution in [0, 0.1) is 0 Å². The lowest BCUT2D eigenvalue weighted by molar-refractivity contribution is -0.148. The number of carbonyl (C=O) groups is 3. The molecule has 3 amide bonds. The second kappa shape index (κ2) is 10.5. The van der Waals surface area contributed by atoms with Crippen molar-refractivity contribution in [3.05, 3.63) is 41.2 Å². The number of imide groups is 1. The molecule has 180 valence electrons. The van der Waals surface area contributed by atoms with Crippen LogP contribution < -0.4 is 4.90 Å². The summed E-state index contributed by atoms with van der Waals surface area (Å²) in [7, 11) is 3.77. The number of carbonyl (C=O) groups excluding carboxylic acids is 3. The normalized spacial score (nSPS) is 18.9. The Balaban J connectivity index is 1.63. The molecule has 0 spiro atoms. The van der Waals surface area contributed by atoms with Crippen LogP contribution in [0.2, 0.25) is 5.02 Å². The van der Waals surface area contributed by atoms with Gasteiger partial charge in [0.1, 0.15) is 0 Å². The Hall–Kier alpha value is -3.00. The van der Waals surface area contributed by atoms with Crippen LogP contribution >= 0.6 is 11.6 Å². The Morgan fingerprint density at radius 1 is 1.15 bits per heavy atom. The van der Waals surface area contributed by atoms with Gasteiger partial charge in [0.2, 0.25) is 23.7 Å². The molecule has 0 saturated carbocycles. The Labute approximate surface area is 204 Å². The maximum atomic E-state index is 13.4. The number of halogens is 1. The predicted molar refractivity (Wildman–Crippen MR) is 130 cm³/mol. The predicted octanol–water partition coefficient (Wildman–Crippen LogP) is 3.85. The molecule has 3 heterocycles. The molecular formula is C25H30ClN5O3. The summed E-state index contributed by atoms with van der Waals surface area (Å²) in [6, 6.07) is 7.33. The van der Waals surface area contributed by atoms with E-state index in [9.17, 15) is 14.4 Å². The van der Waals surface area contributed by atoms with Gasteiger partial charge < -0.3 is 9.80 Å².